The van der Waals surface area contributed by atoms with Gasteiger partial charge in [0.2, 0.25) is 0 Å². The summed E-state index contributed by atoms with van der Waals surface area (Å²) in [5, 5.41) is 0. The number of aromatic nitrogens is 1. The van der Waals surface area contributed by atoms with Gasteiger partial charge in [0.05, 0.1) is 0 Å². The minimum atomic E-state index is -0.112. The Labute approximate surface area is 112 Å². The van der Waals surface area contributed by atoms with Crippen LogP contribution < -0.4 is 0 Å². The molecule has 1 heterocycles. The highest BCUT2D eigenvalue weighted by Gasteiger charge is 2.29. The molecule has 1 aromatic carbocycles. The monoisotopic (exact) mass is 256 g/mol. The third kappa shape index (κ3) is 3.18. The molecule has 0 radical (unpaired) electrons. The van der Waals surface area contributed by atoms with E-state index < -0.39 is 0 Å². The van der Waals surface area contributed by atoms with Crippen LogP contribution in [0, 0.1) is 5.82 Å². The lowest BCUT2D eigenvalue weighted by Gasteiger charge is -2.22. The van der Waals surface area contributed by atoms with E-state index in [9.17, 15) is 4.39 Å². The van der Waals surface area contributed by atoms with Gasteiger partial charge < -0.3 is 0 Å². The molecule has 0 bridgehead atoms. The van der Waals surface area contributed by atoms with E-state index in [0.29, 0.717) is 12.6 Å². The van der Waals surface area contributed by atoms with E-state index in [4.69, 9.17) is 0 Å². The molecule has 2 nitrogen and oxygen atoms in total. The first-order valence-corrected chi connectivity index (χ1v) is 6.69. The van der Waals surface area contributed by atoms with Gasteiger partial charge in [-0.1, -0.05) is 24.3 Å². The van der Waals surface area contributed by atoms with Crippen molar-refractivity contribution in [3.8, 4) is 0 Å². The molecular weight excluding hydrogens is 239 g/mol. The van der Waals surface area contributed by atoms with Crippen molar-refractivity contribution in [1.29, 1.82) is 0 Å². The highest BCUT2D eigenvalue weighted by atomic mass is 19.1. The molecule has 0 saturated heterocycles. The van der Waals surface area contributed by atoms with Crippen LogP contribution in [0.15, 0.2) is 48.8 Å². The molecule has 0 spiro atoms. The summed E-state index contributed by atoms with van der Waals surface area (Å²) in [6, 6.07) is 11.7. The Morgan fingerprint density at radius 1 is 1.11 bits per heavy atom. The Bertz CT molecular complexity index is 537. The third-order valence-electron chi connectivity index (χ3n) is 3.50. The summed E-state index contributed by atoms with van der Waals surface area (Å²) in [6.45, 7) is 1.51. The van der Waals surface area contributed by atoms with Gasteiger partial charge in [0, 0.05) is 37.1 Å². The normalized spacial score (nSPS) is 14.8. The zero-order chi connectivity index (χ0) is 13.1. The van der Waals surface area contributed by atoms with Gasteiger partial charge in [-0.15, -0.1) is 0 Å². The van der Waals surface area contributed by atoms with Gasteiger partial charge in [-0.05, 0) is 30.5 Å². The predicted octanol–water partition coefficient (Wildman–Crippen LogP) is 3.39. The van der Waals surface area contributed by atoms with Gasteiger partial charge in [0.1, 0.15) is 5.82 Å². The number of halogens is 1. The molecule has 0 atom stereocenters. The number of hydrogen-bond acceptors (Lipinski definition) is 2. The molecule has 98 valence electrons. The van der Waals surface area contributed by atoms with Gasteiger partial charge in [-0.3, -0.25) is 9.88 Å². The lowest BCUT2D eigenvalue weighted by atomic mass is 10.2. The maximum absolute atomic E-state index is 13.7. The fourth-order valence-corrected chi connectivity index (χ4v) is 2.33. The second kappa shape index (κ2) is 5.49. The maximum Gasteiger partial charge on any atom is 0.127 e. The Morgan fingerprint density at radius 2 is 1.95 bits per heavy atom. The topological polar surface area (TPSA) is 16.1 Å². The number of hydrogen-bond donors (Lipinski definition) is 0. The van der Waals surface area contributed by atoms with Crippen LogP contribution in [0.5, 0.6) is 0 Å². The molecule has 1 saturated carbocycles. The Balaban J connectivity index is 1.73. The van der Waals surface area contributed by atoms with Crippen molar-refractivity contribution >= 4 is 0 Å². The van der Waals surface area contributed by atoms with Crippen molar-refractivity contribution in [3.05, 3.63) is 65.7 Å². The Hall–Kier alpha value is -1.74. The summed E-state index contributed by atoms with van der Waals surface area (Å²) >= 11 is 0. The summed E-state index contributed by atoms with van der Waals surface area (Å²) in [5.41, 5.74) is 1.96. The first kappa shape index (κ1) is 12.3. The van der Waals surface area contributed by atoms with Crippen molar-refractivity contribution in [2.75, 3.05) is 0 Å². The van der Waals surface area contributed by atoms with Crippen LogP contribution in [-0.2, 0) is 13.1 Å². The molecule has 1 aromatic heterocycles. The van der Waals surface area contributed by atoms with Crippen molar-refractivity contribution in [1.82, 2.24) is 9.88 Å². The fraction of sp³-hybridized carbons (Fsp3) is 0.312. The molecule has 0 unspecified atom stereocenters. The lowest BCUT2D eigenvalue weighted by Crippen LogP contribution is -2.25. The van der Waals surface area contributed by atoms with Gasteiger partial charge in [-0.25, -0.2) is 4.39 Å². The molecule has 0 N–H and O–H groups in total. The zero-order valence-corrected chi connectivity index (χ0v) is 10.8. The van der Waals surface area contributed by atoms with Crippen LogP contribution in [0.1, 0.15) is 24.0 Å². The van der Waals surface area contributed by atoms with E-state index >= 15 is 0 Å². The molecule has 1 aliphatic carbocycles. The number of benzene rings is 1. The van der Waals surface area contributed by atoms with Gasteiger partial charge in [0.15, 0.2) is 0 Å². The van der Waals surface area contributed by atoms with Gasteiger partial charge in [0.25, 0.3) is 0 Å². The SMILES string of the molecule is Fc1ccccc1CN(Cc1cccnc1)C1CC1. The van der Waals surface area contributed by atoms with Crippen LogP contribution in [0.3, 0.4) is 0 Å². The van der Waals surface area contributed by atoms with Crippen molar-refractivity contribution in [2.24, 2.45) is 0 Å². The Morgan fingerprint density at radius 3 is 2.63 bits per heavy atom. The van der Waals surface area contributed by atoms with E-state index in [1.54, 1.807) is 12.3 Å². The Kier molecular flexibility index (Phi) is 3.56. The minimum absolute atomic E-state index is 0.112. The number of nitrogens with zero attached hydrogens (tertiary/aromatic N) is 2. The molecule has 0 amide bonds. The molecule has 0 aliphatic heterocycles. The third-order valence-corrected chi connectivity index (χ3v) is 3.50. The van der Waals surface area contributed by atoms with Crippen LogP contribution >= 0.6 is 0 Å². The molecule has 19 heavy (non-hydrogen) atoms. The van der Waals surface area contributed by atoms with E-state index in [1.807, 2.05) is 24.4 Å². The summed E-state index contributed by atoms with van der Waals surface area (Å²) in [4.78, 5) is 6.48. The van der Waals surface area contributed by atoms with Gasteiger partial charge in [-0.2, -0.15) is 0 Å². The van der Waals surface area contributed by atoms with E-state index in [-0.39, 0.29) is 5.82 Å². The predicted molar refractivity (Wildman–Crippen MR) is 72.9 cm³/mol. The first-order chi connectivity index (χ1) is 9.33. The molecular formula is C16H17FN2. The average Bonchev–Trinajstić information content (AvgIpc) is 3.26. The van der Waals surface area contributed by atoms with Crippen LogP contribution in [0.2, 0.25) is 0 Å². The first-order valence-electron chi connectivity index (χ1n) is 6.69. The van der Waals surface area contributed by atoms with Crippen LogP contribution in [-0.4, -0.2) is 15.9 Å². The second-order valence-corrected chi connectivity index (χ2v) is 5.09. The molecule has 1 aliphatic rings. The molecule has 2 aromatic rings. The average molecular weight is 256 g/mol. The second-order valence-electron chi connectivity index (χ2n) is 5.09. The minimum Gasteiger partial charge on any atom is -0.292 e. The van der Waals surface area contributed by atoms with Crippen molar-refractivity contribution in [3.63, 3.8) is 0 Å². The van der Waals surface area contributed by atoms with E-state index in [2.05, 4.69) is 16.0 Å². The number of rotatable bonds is 5. The van der Waals surface area contributed by atoms with Crippen LogP contribution in [0.4, 0.5) is 4.39 Å². The maximum atomic E-state index is 13.7. The standard InChI is InChI=1S/C16H17FN2/c17-16-6-2-1-5-14(16)12-19(15-7-8-15)11-13-4-3-9-18-10-13/h1-6,9-10,15H,7-8,11-12H2. The zero-order valence-electron chi connectivity index (χ0n) is 10.8. The molecule has 1 fully saturated rings. The van der Waals surface area contributed by atoms with E-state index in [0.717, 1.165) is 12.1 Å². The fourth-order valence-electron chi connectivity index (χ4n) is 2.33. The highest BCUT2D eigenvalue weighted by Crippen LogP contribution is 2.30. The molecule has 3 rings (SSSR count). The van der Waals surface area contributed by atoms with Gasteiger partial charge >= 0.3 is 0 Å². The summed E-state index contributed by atoms with van der Waals surface area (Å²) in [7, 11) is 0. The smallest absolute Gasteiger partial charge is 0.127 e. The summed E-state index contributed by atoms with van der Waals surface area (Å²) in [5.74, 6) is -0.112. The largest absolute Gasteiger partial charge is 0.292 e. The summed E-state index contributed by atoms with van der Waals surface area (Å²) in [6.07, 6.45) is 6.10. The quantitative estimate of drug-likeness (QED) is 0.815. The van der Waals surface area contributed by atoms with Crippen LogP contribution in [0.25, 0.3) is 0 Å². The lowest BCUT2D eigenvalue weighted by molar-refractivity contribution is 0.242. The molecule has 3 heteroatoms. The number of pyridine rings is 1. The van der Waals surface area contributed by atoms with E-state index in [1.165, 1.54) is 24.5 Å². The van der Waals surface area contributed by atoms with Crippen molar-refractivity contribution < 1.29 is 4.39 Å². The summed E-state index contributed by atoms with van der Waals surface area (Å²) < 4.78 is 13.7. The highest BCUT2D eigenvalue weighted by molar-refractivity contribution is 5.18. The van der Waals surface area contributed by atoms with Crippen molar-refractivity contribution in [2.45, 2.75) is 32.0 Å².